The maximum Gasteiger partial charge on any atom is 0.484 e. The summed E-state index contributed by atoms with van der Waals surface area (Å²) in [6, 6.07) is 0. The van der Waals surface area contributed by atoms with Crippen LogP contribution in [0.4, 0.5) is 0 Å². The molecule has 0 amide bonds. The van der Waals surface area contributed by atoms with Crippen molar-refractivity contribution in [3.63, 3.8) is 0 Å². The van der Waals surface area contributed by atoms with E-state index < -0.39 is 14.6 Å². The molecule has 0 spiro atoms. The van der Waals surface area contributed by atoms with Crippen molar-refractivity contribution in [2.45, 2.75) is 5.79 Å². The molecule has 0 aromatic heterocycles. The molecule has 0 bridgehead atoms. The van der Waals surface area contributed by atoms with E-state index >= 15 is 0 Å². The lowest BCUT2D eigenvalue weighted by molar-refractivity contribution is 0.553. The predicted octanol–water partition coefficient (Wildman–Crippen LogP) is -0.0184. The average Bonchev–Trinajstić information content (AvgIpc) is 1.98. The molecule has 0 atom stereocenters. The summed E-state index contributed by atoms with van der Waals surface area (Å²) in [7, 11) is 4.45. The zero-order valence-electron chi connectivity index (χ0n) is 5.89. The highest BCUT2D eigenvalue weighted by atomic mass is 27.2. The summed E-state index contributed by atoms with van der Waals surface area (Å²) >= 11 is -0.571. The molecule has 1 aliphatic heterocycles. The summed E-state index contributed by atoms with van der Waals surface area (Å²) in [4.78, 5) is 0. The number of hydrogen-bond acceptors (Lipinski definition) is 2. The molecule has 0 aromatic carbocycles. The zero-order chi connectivity index (χ0) is 6.15. The van der Waals surface area contributed by atoms with Gasteiger partial charge < -0.3 is 7.77 Å². The Morgan fingerprint density at radius 1 is 1.12 bits per heavy atom. The highest BCUT2D eigenvalue weighted by Gasteiger charge is 2.29. The molecule has 1 aliphatic rings. The summed E-state index contributed by atoms with van der Waals surface area (Å²) in [6.45, 7) is 2.56. The Balaban J connectivity index is 2.44. The Morgan fingerprint density at radius 3 is 1.62 bits per heavy atom. The molecule has 2 nitrogen and oxygen atoms in total. The summed E-state index contributed by atoms with van der Waals surface area (Å²) in [5, 5.41) is 0. The van der Waals surface area contributed by atoms with E-state index in [0.29, 0.717) is 0 Å². The summed E-state index contributed by atoms with van der Waals surface area (Å²) in [5.74, 6) is 2.37. The first-order chi connectivity index (χ1) is 3.72. The second kappa shape index (κ2) is 2.37. The van der Waals surface area contributed by atoms with Gasteiger partial charge in [-0.15, -0.1) is 0 Å². The summed E-state index contributed by atoms with van der Waals surface area (Å²) in [6.07, 6.45) is 0. The van der Waals surface area contributed by atoms with Crippen molar-refractivity contribution in [3.8, 4) is 0 Å². The summed E-state index contributed by atoms with van der Waals surface area (Å²) < 4.78 is 4.97. The van der Waals surface area contributed by atoms with Crippen molar-refractivity contribution in [2.24, 2.45) is 0 Å². The highest BCUT2D eigenvalue weighted by Crippen LogP contribution is 2.03. The number of likely N-dealkylation sites (N-methyl/N-ethyl adjacent to an activating group) is 2. The molecule has 0 saturated carbocycles. The van der Waals surface area contributed by atoms with Crippen LogP contribution in [0, 0.1) is 0 Å². The van der Waals surface area contributed by atoms with Crippen molar-refractivity contribution in [3.05, 3.63) is 0 Å². The maximum absolute atomic E-state index is 2.49. The van der Waals surface area contributed by atoms with E-state index in [9.17, 15) is 0 Å². The van der Waals surface area contributed by atoms with Gasteiger partial charge in [0.1, 0.15) is 0 Å². The minimum atomic E-state index is -0.571. The van der Waals surface area contributed by atoms with E-state index in [1.54, 1.807) is 0 Å². The van der Waals surface area contributed by atoms with Gasteiger partial charge in [0, 0.05) is 0 Å². The van der Waals surface area contributed by atoms with Gasteiger partial charge in [0.2, 0.25) is 0 Å². The molecule has 1 saturated heterocycles. The smallest absolute Gasteiger partial charge is 0.373 e. The topological polar surface area (TPSA) is 6.48 Å². The van der Waals surface area contributed by atoms with Gasteiger partial charge in [-0.2, -0.15) is 0 Å². The maximum atomic E-state index is 2.49. The lowest BCUT2D eigenvalue weighted by atomic mass is 10.6. The van der Waals surface area contributed by atoms with Gasteiger partial charge in [-0.05, 0) is 27.2 Å². The predicted molar refractivity (Wildman–Crippen MR) is 36.9 cm³/mol. The molecule has 3 heteroatoms. The first-order valence-corrected chi connectivity index (χ1v) is 5.31. The molecule has 1 rings (SSSR count). The van der Waals surface area contributed by atoms with Crippen LogP contribution in [0.1, 0.15) is 0 Å². The van der Waals surface area contributed by atoms with Gasteiger partial charge in [0.15, 0.2) is 0 Å². The third-order valence-electron chi connectivity index (χ3n) is 2.08. The van der Waals surface area contributed by atoms with Crippen molar-refractivity contribution in [1.82, 2.24) is 7.77 Å². The summed E-state index contributed by atoms with van der Waals surface area (Å²) in [5.41, 5.74) is 0. The monoisotopic (exact) mass is 128 g/mol. The molecule has 0 aromatic rings. The fourth-order valence-corrected chi connectivity index (χ4v) is 2.68. The Labute approximate surface area is 55.9 Å². The van der Waals surface area contributed by atoms with Crippen LogP contribution in [0.15, 0.2) is 0 Å². The number of rotatable bonds is 0. The minimum absolute atomic E-state index is 0.571. The van der Waals surface area contributed by atoms with Crippen LogP contribution in [0.25, 0.3) is 0 Å². The molecular formula is C5H13AlN2. The van der Waals surface area contributed by atoms with Crippen molar-refractivity contribution >= 4 is 14.6 Å². The van der Waals surface area contributed by atoms with E-state index in [1.807, 2.05) is 0 Å². The first kappa shape index (κ1) is 6.57. The lowest BCUT2D eigenvalue weighted by Crippen LogP contribution is -2.36. The van der Waals surface area contributed by atoms with Crippen LogP contribution in [0.2, 0.25) is 5.79 Å². The van der Waals surface area contributed by atoms with Crippen LogP contribution in [-0.2, 0) is 0 Å². The van der Waals surface area contributed by atoms with E-state index in [1.165, 1.54) is 13.1 Å². The highest BCUT2D eigenvalue weighted by molar-refractivity contribution is 6.51. The molecule has 0 N–H and O–H groups in total. The second-order valence-corrected chi connectivity index (χ2v) is 5.62. The molecule has 1 fully saturated rings. The third kappa shape index (κ3) is 1.06. The van der Waals surface area contributed by atoms with Crippen molar-refractivity contribution in [1.29, 1.82) is 0 Å². The lowest BCUT2D eigenvalue weighted by Gasteiger charge is -2.12. The van der Waals surface area contributed by atoms with E-state index in [0.717, 1.165) is 0 Å². The Kier molecular flexibility index (Phi) is 1.94. The third-order valence-corrected chi connectivity index (χ3v) is 5.15. The standard InChI is InChI=1S/C4H10N2.CH3.Al/c1-5-3-4-6-2;;/h3-4H2,1-2H3;1H3;/q-2;;+2. The molecule has 0 unspecified atom stereocenters. The van der Waals surface area contributed by atoms with Gasteiger partial charge in [-0.1, -0.05) is 5.79 Å². The fraction of sp³-hybridized carbons (Fsp3) is 1.00. The van der Waals surface area contributed by atoms with Gasteiger partial charge >= 0.3 is 14.6 Å². The van der Waals surface area contributed by atoms with Crippen LogP contribution in [0.3, 0.4) is 0 Å². The zero-order valence-corrected chi connectivity index (χ0v) is 7.04. The average molecular weight is 128 g/mol. The van der Waals surface area contributed by atoms with E-state index in [4.69, 9.17) is 0 Å². The minimum Gasteiger partial charge on any atom is -0.373 e. The van der Waals surface area contributed by atoms with Gasteiger partial charge in [-0.3, -0.25) is 0 Å². The van der Waals surface area contributed by atoms with Gasteiger partial charge in [0.05, 0.1) is 0 Å². The molecular weight excluding hydrogens is 115 g/mol. The Morgan fingerprint density at radius 2 is 1.50 bits per heavy atom. The van der Waals surface area contributed by atoms with Crippen LogP contribution in [0.5, 0.6) is 0 Å². The van der Waals surface area contributed by atoms with Crippen molar-refractivity contribution < 1.29 is 0 Å². The van der Waals surface area contributed by atoms with Crippen LogP contribution >= 0.6 is 0 Å². The number of nitrogens with zero attached hydrogens (tertiary/aromatic N) is 2. The SMILES string of the molecule is C[N]1CC[N](C)[Al]1[CH3]. The quantitative estimate of drug-likeness (QED) is 0.423. The fourth-order valence-electron chi connectivity index (χ4n) is 1.03. The molecule has 46 valence electrons. The molecule has 8 heavy (non-hydrogen) atoms. The first-order valence-electron chi connectivity index (χ1n) is 3.12. The molecule has 0 radical (unpaired) electrons. The molecule has 0 aliphatic carbocycles. The molecule has 1 heterocycles. The van der Waals surface area contributed by atoms with E-state index in [2.05, 4.69) is 27.6 Å². The van der Waals surface area contributed by atoms with Crippen LogP contribution in [-0.4, -0.2) is 49.5 Å². The number of hydrogen-bond donors (Lipinski definition) is 0. The Bertz CT molecular complexity index is 76.5. The van der Waals surface area contributed by atoms with Crippen LogP contribution < -0.4 is 0 Å². The largest absolute Gasteiger partial charge is 0.484 e. The Hall–Kier alpha value is 0.452. The van der Waals surface area contributed by atoms with Crippen molar-refractivity contribution in [2.75, 3.05) is 27.2 Å². The van der Waals surface area contributed by atoms with Gasteiger partial charge in [-0.25, -0.2) is 0 Å². The van der Waals surface area contributed by atoms with E-state index in [-0.39, 0.29) is 0 Å². The normalized spacial score (nSPS) is 25.1. The van der Waals surface area contributed by atoms with Gasteiger partial charge in [0.25, 0.3) is 0 Å². The second-order valence-electron chi connectivity index (χ2n) is 2.59.